The van der Waals surface area contributed by atoms with Gasteiger partial charge in [0.05, 0.1) is 25.6 Å². The van der Waals surface area contributed by atoms with Crippen LogP contribution in [0.5, 0.6) is 0 Å². The second-order valence-electron chi connectivity index (χ2n) is 4.28. The lowest BCUT2D eigenvalue weighted by Gasteiger charge is -2.37. The van der Waals surface area contributed by atoms with E-state index in [0.717, 1.165) is 19.6 Å². The summed E-state index contributed by atoms with van der Waals surface area (Å²) in [6, 6.07) is 0.423. The summed E-state index contributed by atoms with van der Waals surface area (Å²) in [6.45, 7) is 5.68. The van der Waals surface area contributed by atoms with Gasteiger partial charge >= 0.3 is 0 Å². The predicted octanol–water partition coefficient (Wildman–Crippen LogP) is -0.0353. The lowest BCUT2D eigenvalue weighted by molar-refractivity contribution is -0.0783. The zero-order valence-electron chi connectivity index (χ0n) is 9.62. The molecule has 1 N–H and O–H groups in total. The second-order valence-corrected chi connectivity index (χ2v) is 4.28. The quantitative estimate of drug-likeness (QED) is 0.781. The van der Waals surface area contributed by atoms with E-state index in [2.05, 4.69) is 21.4 Å². The van der Waals surface area contributed by atoms with Crippen LogP contribution in [-0.2, 0) is 11.3 Å². The molecule has 1 aliphatic heterocycles. The number of nitrogens with zero attached hydrogens (tertiary/aromatic N) is 3. The van der Waals surface area contributed by atoms with Gasteiger partial charge in [-0.15, -0.1) is 0 Å². The summed E-state index contributed by atoms with van der Waals surface area (Å²) in [7, 11) is 0. The monoisotopic (exact) mass is 225 g/mol. The third-order valence-corrected chi connectivity index (χ3v) is 3.04. The van der Waals surface area contributed by atoms with Crippen LogP contribution >= 0.6 is 0 Å². The maximum absolute atomic E-state index is 9.08. The first kappa shape index (κ1) is 11.6. The molecule has 5 nitrogen and oxygen atoms in total. The van der Waals surface area contributed by atoms with Crippen LogP contribution in [0, 0.1) is 0 Å². The molecule has 0 aromatic carbocycles. The van der Waals surface area contributed by atoms with Crippen LogP contribution in [0.4, 0.5) is 0 Å². The number of rotatable bonds is 4. The molecule has 2 unspecified atom stereocenters. The minimum Gasteiger partial charge on any atom is -0.394 e. The Labute approximate surface area is 95.7 Å². The molecule has 1 aromatic heterocycles. The number of hydrogen-bond acceptors (Lipinski definition) is 4. The van der Waals surface area contributed by atoms with Crippen LogP contribution in [0.1, 0.15) is 6.92 Å². The van der Waals surface area contributed by atoms with E-state index >= 15 is 0 Å². The number of aliphatic hydroxyl groups is 1. The molecule has 1 aromatic rings. The van der Waals surface area contributed by atoms with Gasteiger partial charge in [-0.3, -0.25) is 4.90 Å². The van der Waals surface area contributed by atoms with Crippen molar-refractivity contribution in [3.63, 3.8) is 0 Å². The first-order valence-electron chi connectivity index (χ1n) is 5.72. The Morgan fingerprint density at radius 1 is 1.50 bits per heavy atom. The van der Waals surface area contributed by atoms with E-state index in [1.54, 1.807) is 6.20 Å². The summed E-state index contributed by atoms with van der Waals surface area (Å²) in [4.78, 5) is 6.37. The average molecular weight is 225 g/mol. The number of aliphatic hydroxyl groups excluding tert-OH is 1. The van der Waals surface area contributed by atoms with Crippen molar-refractivity contribution in [1.82, 2.24) is 14.5 Å². The summed E-state index contributed by atoms with van der Waals surface area (Å²) >= 11 is 0. The highest BCUT2D eigenvalue weighted by Gasteiger charge is 2.24. The van der Waals surface area contributed by atoms with E-state index < -0.39 is 0 Å². The predicted molar refractivity (Wildman–Crippen MR) is 60.1 cm³/mol. The molecule has 0 saturated carbocycles. The zero-order valence-corrected chi connectivity index (χ0v) is 9.62. The highest BCUT2D eigenvalue weighted by Crippen LogP contribution is 2.11. The van der Waals surface area contributed by atoms with Crippen molar-refractivity contribution in [3.05, 3.63) is 18.7 Å². The number of hydrogen-bond donors (Lipinski definition) is 1. The fraction of sp³-hybridized carbons (Fsp3) is 0.727. The van der Waals surface area contributed by atoms with Gasteiger partial charge in [0.25, 0.3) is 0 Å². The van der Waals surface area contributed by atoms with Crippen LogP contribution in [0.2, 0.25) is 0 Å². The van der Waals surface area contributed by atoms with Crippen molar-refractivity contribution in [2.24, 2.45) is 0 Å². The summed E-state index contributed by atoms with van der Waals surface area (Å²) in [5.74, 6) is 0. The van der Waals surface area contributed by atoms with Gasteiger partial charge in [-0.05, 0) is 6.92 Å². The average Bonchev–Trinajstić information content (AvgIpc) is 2.81. The summed E-state index contributed by atoms with van der Waals surface area (Å²) in [5, 5.41) is 9.08. The van der Waals surface area contributed by atoms with Crippen molar-refractivity contribution in [3.8, 4) is 0 Å². The summed E-state index contributed by atoms with van der Waals surface area (Å²) < 4.78 is 7.56. The fourth-order valence-electron chi connectivity index (χ4n) is 1.96. The SMILES string of the molecule is CC1COC(CO)CN1CCn1ccnc1. The summed E-state index contributed by atoms with van der Waals surface area (Å²) in [5.41, 5.74) is 0. The van der Waals surface area contributed by atoms with Crippen LogP contribution in [0.3, 0.4) is 0 Å². The summed E-state index contributed by atoms with van der Waals surface area (Å²) in [6.07, 6.45) is 5.56. The van der Waals surface area contributed by atoms with E-state index in [1.165, 1.54) is 0 Å². The molecular formula is C11H19N3O2. The molecule has 1 aliphatic rings. The molecule has 1 fully saturated rings. The smallest absolute Gasteiger partial charge is 0.0946 e. The highest BCUT2D eigenvalue weighted by molar-refractivity contribution is 4.79. The lowest BCUT2D eigenvalue weighted by atomic mass is 10.2. The molecule has 1 saturated heterocycles. The molecular weight excluding hydrogens is 206 g/mol. The third-order valence-electron chi connectivity index (χ3n) is 3.04. The maximum atomic E-state index is 9.08. The fourth-order valence-corrected chi connectivity index (χ4v) is 1.96. The Morgan fingerprint density at radius 3 is 3.06 bits per heavy atom. The Kier molecular flexibility index (Phi) is 3.93. The Hall–Kier alpha value is -0.910. The molecule has 16 heavy (non-hydrogen) atoms. The van der Waals surface area contributed by atoms with Crippen LogP contribution < -0.4 is 0 Å². The van der Waals surface area contributed by atoms with Gasteiger partial charge in [0, 0.05) is 38.1 Å². The molecule has 90 valence electrons. The number of aromatic nitrogens is 2. The molecule has 0 amide bonds. The second kappa shape index (κ2) is 5.43. The number of ether oxygens (including phenoxy) is 1. The first-order chi connectivity index (χ1) is 7.79. The standard InChI is InChI=1S/C11H19N3O2/c1-10-8-16-11(7-15)6-14(10)5-4-13-3-2-12-9-13/h2-3,9-11,15H,4-8H2,1H3. The van der Waals surface area contributed by atoms with E-state index in [-0.39, 0.29) is 12.7 Å². The Morgan fingerprint density at radius 2 is 2.38 bits per heavy atom. The molecule has 0 radical (unpaired) electrons. The third kappa shape index (κ3) is 2.81. The largest absolute Gasteiger partial charge is 0.394 e. The van der Waals surface area contributed by atoms with Crippen molar-refractivity contribution in [2.45, 2.75) is 25.6 Å². The first-order valence-corrected chi connectivity index (χ1v) is 5.72. The van der Waals surface area contributed by atoms with Crippen LogP contribution in [-0.4, -0.2) is 58.0 Å². The lowest BCUT2D eigenvalue weighted by Crippen LogP contribution is -2.50. The number of imidazole rings is 1. The molecule has 0 bridgehead atoms. The molecule has 0 spiro atoms. The Balaban J connectivity index is 1.82. The highest BCUT2D eigenvalue weighted by atomic mass is 16.5. The van der Waals surface area contributed by atoms with E-state index in [1.807, 2.05) is 12.5 Å². The van der Waals surface area contributed by atoms with Crippen LogP contribution in [0.15, 0.2) is 18.7 Å². The van der Waals surface area contributed by atoms with Gasteiger partial charge in [0.2, 0.25) is 0 Å². The topological polar surface area (TPSA) is 50.5 Å². The van der Waals surface area contributed by atoms with Crippen molar-refractivity contribution in [2.75, 3.05) is 26.3 Å². The van der Waals surface area contributed by atoms with Crippen molar-refractivity contribution in [1.29, 1.82) is 0 Å². The van der Waals surface area contributed by atoms with Gasteiger partial charge in [-0.2, -0.15) is 0 Å². The molecule has 2 atom stereocenters. The Bertz CT molecular complexity index is 302. The molecule has 5 heteroatoms. The maximum Gasteiger partial charge on any atom is 0.0946 e. The van der Waals surface area contributed by atoms with Crippen molar-refractivity contribution < 1.29 is 9.84 Å². The van der Waals surface area contributed by atoms with Gasteiger partial charge in [0.1, 0.15) is 0 Å². The van der Waals surface area contributed by atoms with E-state index in [4.69, 9.17) is 9.84 Å². The zero-order chi connectivity index (χ0) is 11.4. The molecule has 2 rings (SSSR count). The van der Waals surface area contributed by atoms with Crippen molar-refractivity contribution >= 4 is 0 Å². The number of morpholine rings is 1. The van der Waals surface area contributed by atoms with E-state index in [0.29, 0.717) is 12.6 Å². The van der Waals surface area contributed by atoms with E-state index in [9.17, 15) is 0 Å². The van der Waals surface area contributed by atoms with Gasteiger partial charge in [-0.25, -0.2) is 4.98 Å². The minimum absolute atomic E-state index is 0.0287. The van der Waals surface area contributed by atoms with Crippen LogP contribution in [0.25, 0.3) is 0 Å². The minimum atomic E-state index is -0.0287. The van der Waals surface area contributed by atoms with Gasteiger partial charge in [0.15, 0.2) is 0 Å². The normalized spacial score (nSPS) is 27.1. The van der Waals surface area contributed by atoms with Gasteiger partial charge in [-0.1, -0.05) is 0 Å². The molecule has 2 heterocycles. The van der Waals surface area contributed by atoms with Gasteiger partial charge < -0.3 is 14.4 Å². The molecule has 0 aliphatic carbocycles.